The molecule has 1 saturated heterocycles. The Hall–Kier alpha value is -4.70. The summed E-state index contributed by atoms with van der Waals surface area (Å²) in [7, 11) is 2.15. The average molecular weight is 576 g/mol. The minimum atomic E-state index is -0.399. The molecule has 0 bridgehead atoms. The van der Waals surface area contributed by atoms with Crippen LogP contribution < -0.4 is 15.1 Å². The molecule has 0 radical (unpaired) electrons. The second-order valence-electron chi connectivity index (χ2n) is 12.6. The lowest BCUT2D eigenvalue weighted by atomic mass is 9.86. The van der Waals surface area contributed by atoms with Crippen molar-refractivity contribution >= 4 is 28.7 Å². The number of benzene rings is 2. The van der Waals surface area contributed by atoms with Gasteiger partial charge in [0.15, 0.2) is 11.3 Å². The van der Waals surface area contributed by atoms with Crippen molar-refractivity contribution in [2.24, 2.45) is 0 Å². The normalized spacial score (nSPS) is 15.7. The van der Waals surface area contributed by atoms with Gasteiger partial charge in [0.1, 0.15) is 5.82 Å². The lowest BCUT2D eigenvalue weighted by molar-refractivity contribution is 0.102. The largest absolute Gasteiger partial charge is 0.369 e. The molecule has 43 heavy (non-hydrogen) atoms. The first kappa shape index (κ1) is 27.2. The number of aromatic amines is 1. The number of nitrogens with zero attached hydrogens (tertiary/aromatic N) is 7. The van der Waals surface area contributed by atoms with Crippen molar-refractivity contribution in [3.63, 3.8) is 0 Å². The Balaban J connectivity index is 1.29. The van der Waals surface area contributed by atoms with Crippen LogP contribution in [0.25, 0.3) is 16.9 Å². The van der Waals surface area contributed by atoms with Crippen molar-refractivity contribution < 1.29 is 4.79 Å². The van der Waals surface area contributed by atoms with Crippen LogP contribution in [0.15, 0.2) is 67.0 Å². The van der Waals surface area contributed by atoms with Crippen LogP contribution in [-0.2, 0) is 18.5 Å². The Bertz CT molecular complexity index is 1770. The molecule has 5 aromatic rings. The molecule has 220 valence electrons. The molecule has 2 aliphatic heterocycles. The van der Waals surface area contributed by atoms with Gasteiger partial charge in [-0.3, -0.25) is 9.89 Å². The average Bonchev–Trinajstić information content (AvgIpc) is 3.75. The van der Waals surface area contributed by atoms with Gasteiger partial charge in [-0.05, 0) is 41.8 Å². The van der Waals surface area contributed by atoms with Crippen LogP contribution in [-0.4, -0.2) is 68.8 Å². The van der Waals surface area contributed by atoms with Gasteiger partial charge in [0.05, 0.1) is 11.9 Å². The summed E-state index contributed by atoms with van der Waals surface area (Å²) in [5.41, 5.74) is 7.62. The summed E-state index contributed by atoms with van der Waals surface area (Å²) < 4.78 is 1.80. The molecule has 10 heteroatoms. The third kappa shape index (κ3) is 5.12. The van der Waals surface area contributed by atoms with E-state index in [2.05, 4.69) is 88.4 Å². The molecule has 0 spiro atoms. The molecule has 1 fully saturated rings. The van der Waals surface area contributed by atoms with Crippen LogP contribution in [0.1, 0.15) is 48.0 Å². The molecule has 0 unspecified atom stereocenters. The number of aromatic nitrogens is 5. The fourth-order valence-corrected chi connectivity index (χ4v) is 6.14. The van der Waals surface area contributed by atoms with E-state index < -0.39 is 5.41 Å². The molecular weight excluding hydrogens is 538 g/mol. The number of fused-ring (bicyclic) bond motifs is 2. The monoisotopic (exact) mass is 575 g/mol. The van der Waals surface area contributed by atoms with Gasteiger partial charge in [-0.2, -0.15) is 10.2 Å². The van der Waals surface area contributed by atoms with Gasteiger partial charge in [-0.15, -0.1) is 0 Å². The number of hydrogen-bond donors (Lipinski definition) is 2. The predicted molar refractivity (Wildman–Crippen MR) is 170 cm³/mol. The van der Waals surface area contributed by atoms with Crippen LogP contribution in [0.3, 0.4) is 0 Å². The van der Waals surface area contributed by atoms with Crippen LogP contribution in [0.5, 0.6) is 0 Å². The molecule has 0 saturated carbocycles. The van der Waals surface area contributed by atoms with Crippen molar-refractivity contribution in [1.29, 1.82) is 0 Å². The van der Waals surface area contributed by atoms with Crippen molar-refractivity contribution in [3.05, 3.63) is 89.4 Å². The van der Waals surface area contributed by atoms with Crippen molar-refractivity contribution in [2.45, 2.75) is 39.3 Å². The molecule has 10 nitrogen and oxygen atoms in total. The Labute approximate surface area is 251 Å². The highest BCUT2D eigenvalue weighted by molar-refractivity contribution is 6.05. The third-order valence-electron chi connectivity index (χ3n) is 8.47. The van der Waals surface area contributed by atoms with Gasteiger partial charge in [-0.1, -0.05) is 51.1 Å². The van der Waals surface area contributed by atoms with Crippen molar-refractivity contribution in [3.8, 4) is 11.3 Å². The van der Waals surface area contributed by atoms with E-state index in [0.717, 1.165) is 73.3 Å². The summed E-state index contributed by atoms with van der Waals surface area (Å²) in [5.74, 6) is 0.594. The van der Waals surface area contributed by atoms with Gasteiger partial charge in [0.25, 0.3) is 5.91 Å². The fourth-order valence-electron chi connectivity index (χ4n) is 6.14. The maximum Gasteiger partial charge on any atom is 0.276 e. The number of likely N-dealkylation sites (N-methyl/N-ethyl adjacent to an activating group) is 1. The van der Waals surface area contributed by atoms with Gasteiger partial charge in [0, 0.05) is 74.0 Å². The quantitative estimate of drug-likeness (QED) is 0.306. The van der Waals surface area contributed by atoms with Gasteiger partial charge in [0.2, 0.25) is 0 Å². The van der Waals surface area contributed by atoms with Gasteiger partial charge in [-0.25, -0.2) is 9.50 Å². The summed E-state index contributed by atoms with van der Waals surface area (Å²) in [6.07, 6.45) is 3.62. The predicted octanol–water partition coefficient (Wildman–Crippen LogP) is 4.94. The molecule has 5 heterocycles. The minimum Gasteiger partial charge on any atom is -0.369 e. The van der Waals surface area contributed by atoms with Crippen LogP contribution >= 0.6 is 0 Å². The summed E-state index contributed by atoms with van der Waals surface area (Å²) in [6, 6.07) is 18.6. The zero-order chi connectivity index (χ0) is 29.7. The highest BCUT2D eigenvalue weighted by Crippen LogP contribution is 2.36. The number of nitrogens with one attached hydrogen (secondary N) is 2. The first-order valence-electron chi connectivity index (χ1n) is 14.8. The highest BCUT2D eigenvalue weighted by atomic mass is 16.2. The number of carbonyl (C=O) groups is 1. The Kier molecular flexibility index (Phi) is 6.65. The number of hydrogen-bond acceptors (Lipinski definition) is 7. The lowest BCUT2D eigenvalue weighted by Gasteiger charge is -2.34. The zero-order valence-corrected chi connectivity index (χ0v) is 25.1. The number of amides is 1. The molecule has 7 rings (SSSR count). The minimum absolute atomic E-state index is 0.251. The van der Waals surface area contributed by atoms with E-state index in [9.17, 15) is 4.79 Å². The first-order chi connectivity index (χ1) is 20.7. The number of carbonyl (C=O) groups excluding carboxylic acids is 1. The molecule has 0 atom stereocenters. The molecule has 2 N–H and O–H groups in total. The smallest absolute Gasteiger partial charge is 0.276 e. The molecular formula is C33H37N9O. The van der Waals surface area contributed by atoms with E-state index in [1.54, 1.807) is 10.7 Å². The van der Waals surface area contributed by atoms with Crippen LogP contribution in [0, 0.1) is 0 Å². The van der Waals surface area contributed by atoms with Crippen molar-refractivity contribution in [1.82, 2.24) is 29.7 Å². The number of rotatable bonds is 5. The third-order valence-corrected chi connectivity index (χ3v) is 8.47. The first-order valence-corrected chi connectivity index (χ1v) is 14.8. The Morgan fingerprint density at radius 2 is 1.67 bits per heavy atom. The van der Waals surface area contributed by atoms with Gasteiger partial charge < -0.3 is 20.0 Å². The molecule has 2 aliphatic rings. The van der Waals surface area contributed by atoms with E-state index in [1.807, 2.05) is 30.5 Å². The maximum atomic E-state index is 14.0. The van der Waals surface area contributed by atoms with E-state index >= 15 is 0 Å². The standard InChI is InChI=1S/C33H37N9O/c1-33(2,3)29-30(32(43)36-25-10-7-11-26(16-25)40-14-12-39(4)13-15-40)38-42-27(24-18-34-35-19-24)17-28(37-31(29)42)41-20-22-8-5-6-9-23(22)21-41/h5-11,16-19H,12-15,20-21H2,1-4H3,(H,34,35)(H,36,43). The topological polar surface area (TPSA) is 97.7 Å². The second kappa shape index (κ2) is 10.5. The maximum absolute atomic E-state index is 14.0. The van der Waals surface area contributed by atoms with Crippen molar-refractivity contribution in [2.75, 3.05) is 48.3 Å². The number of H-pyrrole nitrogens is 1. The molecule has 3 aromatic heterocycles. The Morgan fingerprint density at radius 1 is 0.930 bits per heavy atom. The summed E-state index contributed by atoms with van der Waals surface area (Å²) >= 11 is 0. The lowest BCUT2D eigenvalue weighted by Crippen LogP contribution is -2.44. The summed E-state index contributed by atoms with van der Waals surface area (Å²) in [5, 5.41) is 15.2. The molecule has 1 amide bonds. The Morgan fingerprint density at radius 3 is 2.35 bits per heavy atom. The van der Waals surface area contributed by atoms with E-state index in [-0.39, 0.29) is 5.91 Å². The summed E-state index contributed by atoms with van der Waals surface area (Å²) in [6.45, 7) is 11.8. The van der Waals surface area contributed by atoms with Crippen LogP contribution in [0.4, 0.5) is 17.2 Å². The SMILES string of the molecule is CN1CCN(c2cccc(NC(=O)c3nn4c(-c5cn[nH]c5)cc(N5Cc6ccccc6C5)nc4c3C(C)(C)C)c2)CC1. The van der Waals surface area contributed by atoms with Gasteiger partial charge >= 0.3 is 0 Å². The zero-order valence-electron chi connectivity index (χ0n) is 25.1. The fraction of sp³-hybridized carbons (Fsp3) is 0.333. The second-order valence-corrected chi connectivity index (χ2v) is 12.6. The number of piperazine rings is 1. The highest BCUT2D eigenvalue weighted by Gasteiger charge is 2.32. The molecule has 0 aliphatic carbocycles. The summed E-state index contributed by atoms with van der Waals surface area (Å²) in [4.78, 5) is 26.1. The van der Waals surface area contributed by atoms with E-state index in [0.29, 0.717) is 11.3 Å². The molecule has 2 aromatic carbocycles. The number of anilines is 3. The van der Waals surface area contributed by atoms with E-state index in [1.165, 1.54) is 11.1 Å². The van der Waals surface area contributed by atoms with Crippen LogP contribution in [0.2, 0.25) is 0 Å². The van der Waals surface area contributed by atoms with E-state index in [4.69, 9.17) is 10.1 Å².